The Labute approximate surface area is 52.6 Å². The predicted octanol–water partition coefficient (Wildman–Crippen LogP) is -0.621. The van der Waals surface area contributed by atoms with E-state index in [0.717, 1.165) is 0 Å². The molecule has 0 atom stereocenters. The maximum absolute atomic E-state index is 9.91. The number of nitrogens with one attached hydrogen (secondary N) is 1. The van der Waals surface area contributed by atoms with E-state index in [4.69, 9.17) is 4.55 Å². The minimum Gasteiger partial charge on any atom is -0.368 e. The van der Waals surface area contributed by atoms with E-state index in [2.05, 4.69) is 17.5 Å². The first-order valence-corrected chi connectivity index (χ1v) is 3.52. The standard InChI is InChI=1S/C2H5NO3S2/c1-3-2(7)8(4,5)6/h1H3,(H,3,7)(H,4,5,6). The first kappa shape index (κ1) is 7.80. The van der Waals surface area contributed by atoms with E-state index < -0.39 is 14.4 Å². The highest BCUT2D eigenvalue weighted by atomic mass is 32.2. The van der Waals surface area contributed by atoms with Gasteiger partial charge >= 0.3 is 10.1 Å². The molecule has 0 aromatic heterocycles. The van der Waals surface area contributed by atoms with Gasteiger partial charge in [0.25, 0.3) is 0 Å². The van der Waals surface area contributed by atoms with Crippen molar-refractivity contribution in [3.63, 3.8) is 0 Å². The zero-order valence-corrected chi connectivity index (χ0v) is 5.71. The summed E-state index contributed by atoms with van der Waals surface area (Å²) in [6.07, 6.45) is 0. The van der Waals surface area contributed by atoms with Crippen molar-refractivity contribution < 1.29 is 13.0 Å². The van der Waals surface area contributed by atoms with Gasteiger partial charge in [-0.25, -0.2) is 0 Å². The summed E-state index contributed by atoms with van der Waals surface area (Å²) in [6.45, 7) is 0. The number of rotatable bonds is 0. The van der Waals surface area contributed by atoms with Gasteiger partial charge in [-0.3, -0.25) is 4.55 Å². The molecule has 0 spiro atoms. The summed E-state index contributed by atoms with van der Waals surface area (Å²) in [5.74, 6) is 0. The van der Waals surface area contributed by atoms with E-state index in [1.54, 1.807) is 0 Å². The smallest absolute Gasteiger partial charge is 0.320 e. The molecule has 0 amide bonds. The normalized spacial score (nSPS) is 10.8. The molecule has 48 valence electrons. The van der Waals surface area contributed by atoms with Crippen LogP contribution in [0.1, 0.15) is 0 Å². The van der Waals surface area contributed by atoms with Crippen LogP contribution in [0.15, 0.2) is 0 Å². The maximum atomic E-state index is 9.91. The van der Waals surface area contributed by atoms with Crippen LogP contribution in [-0.2, 0) is 10.1 Å². The molecule has 0 rings (SSSR count). The van der Waals surface area contributed by atoms with Crippen LogP contribution in [0.3, 0.4) is 0 Å². The Balaban J connectivity index is 4.29. The van der Waals surface area contributed by atoms with E-state index in [9.17, 15) is 8.42 Å². The van der Waals surface area contributed by atoms with Crippen LogP contribution in [0, 0.1) is 0 Å². The number of hydrogen-bond acceptors (Lipinski definition) is 3. The molecular formula is C2H5NO3S2. The molecule has 2 N–H and O–H groups in total. The van der Waals surface area contributed by atoms with Gasteiger partial charge in [0.05, 0.1) is 0 Å². The van der Waals surface area contributed by atoms with E-state index in [-0.39, 0.29) is 0 Å². The largest absolute Gasteiger partial charge is 0.368 e. The van der Waals surface area contributed by atoms with E-state index in [0.29, 0.717) is 0 Å². The van der Waals surface area contributed by atoms with Gasteiger partial charge in [-0.05, 0) is 12.2 Å². The molecule has 0 bridgehead atoms. The lowest BCUT2D eigenvalue weighted by Crippen LogP contribution is -2.24. The average Bonchev–Trinajstić information content (AvgIpc) is 1.62. The summed E-state index contributed by atoms with van der Waals surface area (Å²) >= 11 is 4.14. The van der Waals surface area contributed by atoms with Gasteiger partial charge in [-0.1, -0.05) is 0 Å². The molecule has 0 heterocycles. The summed E-state index contributed by atoms with van der Waals surface area (Å²) in [6, 6.07) is 0. The summed E-state index contributed by atoms with van der Waals surface area (Å²) < 4.78 is 27.3. The molecule has 0 unspecified atom stereocenters. The van der Waals surface area contributed by atoms with Crippen LogP contribution in [-0.4, -0.2) is 24.3 Å². The second-order valence-electron chi connectivity index (χ2n) is 1.01. The fourth-order valence-corrected chi connectivity index (χ4v) is 0.387. The topological polar surface area (TPSA) is 66.4 Å². The third-order valence-corrected chi connectivity index (χ3v) is 1.95. The number of hydrogen-bond donors (Lipinski definition) is 2. The zero-order chi connectivity index (χ0) is 6.78. The predicted molar refractivity (Wildman–Crippen MR) is 33.2 cm³/mol. The lowest BCUT2D eigenvalue weighted by molar-refractivity contribution is 0.498. The lowest BCUT2D eigenvalue weighted by Gasteiger charge is -1.93. The van der Waals surface area contributed by atoms with Gasteiger partial charge in [-0.15, -0.1) is 0 Å². The van der Waals surface area contributed by atoms with Crippen molar-refractivity contribution >= 4 is 26.7 Å². The molecule has 0 aromatic rings. The van der Waals surface area contributed by atoms with Crippen LogP contribution in [0.2, 0.25) is 0 Å². The Hall–Kier alpha value is -0.200. The molecule has 0 saturated carbocycles. The molecule has 0 fully saturated rings. The van der Waals surface area contributed by atoms with Gasteiger partial charge < -0.3 is 5.32 Å². The summed E-state index contributed by atoms with van der Waals surface area (Å²) in [5.41, 5.74) is 0. The molecule has 6 heteroatoms. The third kappa shape index (κ3) is 2.20. The molecule has 0 aromatic carbocycles. The molecule has 0 radical (unpaired) electrons. The SMILES string of the molecule is CNC(=S)S(=O)(=O)O. The maximum Gasteiger partial charge on any atom is 0.320 e. The van der Waals surface area contributed by atoms with Crippen LogP contribution in [0.4, 0.5) is 0 Å². The quantitative estimate of drug-likeness (QED) is 0.360. The van der Waals surface area contributed by atoms with Crippen molar-refractivity contribution in [3.8, 4) is 0 Å². The van der Waals surface area contributed by atoms with Gasteiger partial charge in [-0.2, -0.15) is 8.42 Å². The highest BCUT2D eigenvalue weighted by Crippen LogP contribution is 1.81. The fraction of sp³-hybridized carbons (Fsp3) is 0.500. The van der Waals surface area contributed by atoms with Crippen molar-refractivity contribution in [1.82, 2.24) is 5.32 Å². The molecule has 0 saturated heterocycles. The van der Waals surface area contributed by atoms with Crippen molar-refractivity contribution in [2.45, 2.75) is 0 Å². The molecule has 8 heavy (non-hydrogen) atoms. The van der Waals surface area contributed by atoms with Gasteiger partial charge in [0, 0.05) is 7.05 Å². The Morgan fingerprint density at radius 3 is 2.12 bits per heavy atom. The monoisotopic (exact) mass is 155 g/mol. The first-order valence-electron chi connectivity index (χ1n) is 1.67. The molecular weight excluding hydrogens is 150 g/mol. The molecule has 0 aliphatic rings. The van der Waals surface area contributed by atoms with Gasteiger partial charge in [0.15, 0.2) is 0 Å². The Kier molecular flexibility index (Phi) is 2.32. The van der Waals surface area contributed by atoms with Gasteiger partial charge in [0.2, 0.25) is 4.32 Å². The molecule has 0 aliphatic carbocycles. The van der Waals surface area contributed by atoms with E-state index in [1.165, 1.54) is 7.05 Å². The second kappa shape index (κ2) is 2.38. The van der Waals surface area contributed by atoms with Crippen molar-refractivity contribution in [2.75, 3.05) is 7.05 Å². The van der Waals surface area contributed by atoms with Crippen molar-refractivity contribution in [3.05, 3.63) is 0 Å². The fourth-order valence-electron chi connectivity index (χ4n) is 0.129. The summed E-state index contributed by atoms with van der Waals surface area (Å²) in [7, 11) is -2.82. The van der Waals surface area contributed by atoms with Crippen LogP contribution in [0.5, 0.6) is 0 Å². The van der Waals surface area contributed by atoms with Crippen LogP contribution in [0.25, 0.3) is 0 Å². The molecule has 0 aliphatic heterocycles. The Morgan fingerprint density at radius 1 is 1.75 bits per heavy atom. The Bertz CT molecular complexity index is 181. The molecule has 4 nitrogen and oxygen atoms in total. The average molecular weight is 155 g/mol. The summed E-state index contributed by atoms with van der Waals surface area (Å²) in [5, 5.41) is 2.10. The number of thiocarbonyl (C=S) groups is 1. The van der Waals surface area contributed by atoms with Gasteiger partial charge in [0.1, 0.15) is 0 Å². The minimum absolute atomic E-state index is 0.558. The first-order chi connectivity index (χ1) is 3.48. The highest BCUT2D eigenvalue weighted by molar-refractivity contribution is 8.13. The second-order valence-corrected chi connectivity index (χ2v) is 3.04. The summed E-state index contributed by atoms with van der Waals surface area (Å²) in [4.78, 5) is 0. The lowest BCUT2D eigenvalue weighted by atomic mass is 11.2. The van der Waals surface area contributed by atoms with E-state index in [1.807, 2.05) is 0 Å². The van der Waals surface area contributed by atoms with Crippen LogP contribution < -0.4 is 5.32 Å². The zero-order valence-electron chi connectivity index (χ0n) is 4.08. The van der Waals surface area contributed by atoms with Crippen molar-refractivity contribution in [2.24, 2.45) is 0 Å². The Morgan fingerprint density at radius 2 is 2.12 bits per heavy atom. The van der Waals surface area contributed by atoms with Crippen molar-refractivity contribution in [1.29, 1.82) is 0 Å². The van der Waals surface area contributed by atoms with Crippen LogP contribution >= 0.6 is 12.2 Å². The minimum atomic E-state index is -4.13. The third-order valence-electron chi connectivity index (χ3n) is 0.438. The van der Waals surface area contributed by atoms with E-state index >= 15 is 0 Å². The highest BCUT2D eigenvalue weighted by Gasteiger charge is 2.08.